The molecule has 1 N–H and O–H groups in total. The van der Waals surface area contributed by atoms with E-state index in [4.69, 9.17) is 0 Å². The van der Waals surface area contributed by atoms with Crippen molar-refractivity contribution in [2.24, 2.45) is 5.92 Å². The molecular weight excluding hydrogens is 212 g/mol. The largest absolute Gasteiger partial charge is 0.370 e. The van der Waals surface area contributed by atoms with Crippen LogP contribution in [0.15, 0.2) is 12.4 Å². The van der Waals surface area contributed by atoms with Crippen LogP contribution in [0.25, 0.3) is 0 Å². The maximum Gasteiger partial charge on any atom is 0.133 e. The normalized spacial score (nSPS) is 15.4. The number of anilines is 2. The highest BCUT2D eigenvalue weighted by Crippen LogP contribution is 2.29. The molecule has 4 heteroatoms. The summed E-state index contributed by atoms with van der Waals surface area (Å²) in [5.74, 6) is 2.87. The Kier molecular flexibility index (Phi) is 4.18. The van der Waals surface area contributed by atoms with Crippen molar-refractivity contribution in [2.45, 2.75) is 32.6 Å². The molecule has 0 atom stereocenters. The number of nitrogens with zero attached hydrogens (tertiary/aromatic N) is 3. The number of aromatic nitrogens is 2. The second-order valence-corrected chi connectivity index (χ2v) is 4.80. The molecule has 0 saturated heterocycles. The Morgan fingerprint density at radius 3 is 2.88 bits per heavy atom. The van der Waals surface area contributed by atoms with E-state index >= 15 is 0 Å². The van der Waals surface area contributed by atoms with E-state index in [0.29, 0.717) is 0 Å². The minimum atomic E-state index is 0.891. The Labute approximate surface area is 103 Å². The molecule has 1 aliphatic rings. The predicted molar refractivity (Wildman–Crippen MR) is 71.4 cm³/mol. The topological polar surface area (TPSA) is 41.0 Å². The second-order valence-electron chi connectivity index (χ2n) is 4.80. The smallest absolute Gasteiger partial charge is 0.133 e. The van der Waals surface area contributed by atoms with E-state index < -0.39 is 0 Å². The van der Waals surface area contributed by atoms with Crippen molar-refractivity contribution in [3.8, 4) is 0 Å². The molecule has 0 bridgehead atoms. The zero-order chi connectivity index (χ0) is 12.1. The quantitative estimate of drug-likeness (QED) is 0.821. The molecule has 0 aliphatic heterocycles. The summed E-state index contributed by atoms with van der Waals surface area (Å²) in [4.78, 5) is 10.7. The maximum absolute atomic E-state index is 4.32. The third kappa shape index (κ3) is 3.32. The summed E-state index contributed by atoms with van der Waals surface area (Å²) >= 11 is 0. The van der Waals surface area contributed by atoms with Gasteiger partial charge in [-0.15, -0.1) is 0 Å². The van der Waals surface area contributed by atoms with Crippen LogP contribution < -0.4 is 10.2 Å². The van der Waals surface area contributed by atoms with Crippen LogP contribution in [-0.2, 0) is 0 Å². The van der Waals surface area contributed by atoms with Gasteiger partial charge >= 0.3 is 0 Å². The van der Waals surface area contributed by atoms with Crippen molar-refractivity contribution in [3.63, 3.8) is 0 Å². The molecule has 17 heavy (non-hydrogen) atoms. The number of rotatable bonds is 6. The van der Waals surface area contributed by atoms with Crippen molar-refractivity contribution in [1.82, 2.24) is 9.97 Å². The molecule has 1 fully saturated rings. The van der Waals surface area contributed by atoms with Crippen LogP contribution in [-0.4, -0.2) is 30.1 Å². The van der Waals surface area contributed by atoms with Gasteiger partial charge in [-0.1, -0.05) is 19.3 Å². The van der Waals surface area contributed by atoms with E-state index in [2.05, 4.69) is 34.2 Å². The van der Waals surface area contributed by atoms with Gasteiger partial charge in [0.05, 0.1) is 0 Å². The standard InChI is InChI=1S/C13H22N4/c1-3-14-12-9-13(16-10-15-12)17(2)8-7-11-5-4-6-11/h9-11H,3-8H2,1-2H3,(H,14,15,16). The van der Waals surface area contributed by atoms with E-state index in [9.17, 15) is 0 Å². The summed E-state index contributed by atoms with van der Waals surface area (Å²) in [6.45, 7) is 4.05. The lowest BCUT2D eigenvalue weighted by atomic mass is 9.83. The molecule has 0 aromatic carbocycles. The fraction of sp³-hybridized carbons (Fsp3) is 0.692. The fourth-order valence-electron chi connectivity index (χ4n) is 2.11. The zero-order valence-corrected chi connectivity index (χ0v) is 10.8. The van der Waals surface area contributed by atoms with Gasteiger partial charge in [0.2, 0.25) is 0 Å². The Bertz CT molecular complexity index is 349. The average Bonchev–Trinajstić information content (AvgIpc) is 2.27. The van der Waals surface area contributed by atoms with Crippen molar-refractivity contribution in [3.05, 3.63) is 12.4 Å². The lowest BCUT2D eigenvalue weighted by Crippen LogP contribution is -2.24. The molecular formula is C13H22N4. The SMILES string of the molecule is CCNc1cc(N(C)CCC2CCC2)ncn1. The van der Waals surface area contributed by atoms with Crippen molar-refractivity contribution in [1.29, 1.82) is 0 Å². The average molecular weight is 234 g/mol. The van der Waals surface area contributed by atoms with E-state index in [1.165, 1.54) is 25.7 Å². The minimum Gasteiger partial charge on any atom is -0.370 e. The summed E-state index contributed by atoms with van der Waals surface area (Å²) in [6, 6.07) is 2.02. The van der Waals surface area contributed by atoms with Gasteiger partial charge in [0.25, 0.3) is 0 Å². The van der Waals surface area contributed by atoms with Crippen LogP contribution in [0.2, 0.25) is 0 Å². The maximum atomic E-state index is 4.32. The van der Waals surface area contributed by atoms with Gasteiger partial charge in [-0.25, -0.2) is 9.97 Å². The number of hydrogen-bond donors (Lipinski definition) is 1. The summed E-state index contributed by atoms with van der Waals surface area (Å²) < 4.78 is 0. The molecule has 0 amide bonds. The molecule has 0 radical (unpaired) electrons. The van der Waals surface area contributed by atoms with Gasteiger partial charge in [-0.3, -0.25) is 0 Å². The Balaban J connectivity index is 1.87. The second kappa shape index (κ2) is 5.84. The van der Waals surface area contributed by atoms with Crippen LogP contribution in [0.4, 0.5) is 11.6 Å². The molecule has 0 unspecified atom stereocenters. The first kappa shape index (κ1) is 12.1. The van der Waals surface area contributed by atoms with Gasteiger partial charge in [0.1, 0.15) is 18.0 Å². The molecule has 1 aromatic heterocycles. The van der Waals surface area contributed by atoms with Crippen molar-refractivity contribution in [2.75, 3.05) is 30.4 Å². The molecule has 1 aromatic rings. The van der Waals surface area contributed by atoms with Gasteiger partial charge in [-0.05, 0) is 19.3 Å². The van der Waals surface area contributed by atoms with Crippen LogP contribution in [0.5, 0.6) is 0 Å². The Hall–Kier alpha value is -1.32. The van der Waals surface area contributed by atoms with Gasteiger partial charge in [0.15, 0.2) is 0 Å². The van der Waals surface area contributed by atoms with Crippen molar-refractivity contribution < 1.29 is 0 Å². The lowest BCUT2D eigenvalue weighted by Gasteiger charge is -2.28. The highest BCUT2D eigenvalue weighted by molar-refractivity contribution is 5.47. The molecule has 4 nitrogen and oxygen atoms in total. The van der Waals surface area contributed by atoms with Crippen LogP contribution >= 0.6 is 0 Å². The summed E-state index contributed by atoms with van der Waals surface area (Å²) in [6.07, 6.45) is 7.18. The van der Waals surface area contributed by atoms with Gasteiger partial charge in [-0.2, -0.15) is 0 Å². The van der Waals surface area contributed by atoms with Gasteiger partial charge in [0, 0.05) is 26.2 Å². The third-order valence-corrected chi connectivity index (χ3v) is 3.50. The Morgan fingerprint density at radius 2 is 2.24 bits per heavy atom. The first-order valence-corrected chi connectivity index (χ1v) is 6.56. The van der Waals surface area contributed by atoms with Gasteiger partial charge < -0.3 is 10.2 Å². The Morgan fingerprint density at radius 1 is 1.41 bits per heavy atom. The highest BCUT2D eigenvalue weighted by Gasteiger charge is 2.17. The van der Waals surface area contributed by atoms with E-state index in [1.54, 1.807) is 6.33 Å². The van der Waals surface area contributed by atoms with E-state index in [1.807, 2.05) is 6.07 Å². The lowest BCUT2D eigenvalue weighted by molar-refractivity contribution is 0.299. The van der Waals surface area contributed by atoms with E-state index in [0.717, 1.165) is 30.6 Å². The first-order valence-electron chi connectivity index (χ1n) is 6.56. The monoisotopic (exact) mass is 234 g/mol. The summed E-state index contributed by atoms with van der Waals surface area (Å²) in [5, 5.41) is 3.21. The fourth-order valence-corrected chi connectivity index (χ4v) is 2.11. The highest BCUT2D eigenvalue weighted by atomic mass is 15.2. The third-order valence-electron chi connectivity index (χ3n) is 3.50. The zero-order valence-electron chi connectivity index (χ0n) is 10.8. The first-order chi connectivity index (χ1) is 8.29. The number of hydrogen-bond acceptors (Lipinski definition) is 4. The molecule has 94 valence electrons. The molecule has 1 heterocycles. The molecule has 1 saturated carbocycles. The molecule has 0 spiro atoms. The van der Waals surface area contributed by atoms with Crippen LogP contribution in [0.3, 0.4) is 0 Å². The molecule has 1 aliphatic carbocycles. The summed E-state index contributed by atoms with van der Waals surface area (Å²) in [7, 11) is 2.11. The predicted octanol–water partition coefficient (Wildman–Crippen LogP) is 2.53. The van der Waals surface area contributed by atoms with Crippen LogP contribution in [0, 0.1) is 5.92 Å². The molecule has 2 rings (SSSR count). The van der Waals surface area contributed by atoms with Crippen molar-refractivity contribution >= 4 is 11.6 Å². The van der Waals surface area contributed by atoms with E-state index in [-0.39, 0.29) is 0 Å². The summed E-state index contributed by atoms with van der Waals surface area (Å²) in [5.41, 5.74) is 0. The number of nitrogens with one attached hydrogen (secondary N) is 1. The van der Waals surface area contributed by atoms with Crippen LogP contribution in [0.1, 0.15) is 32.6 Å². The minimum absolute atomic E-state index is 0.891.